The summed E-state index contributed by atoms with van der Waals surface area (Å²) in [7, 11) is 0. The van der Waals surface area contributed by atoms with Gasteiger partial charge in [0.2, 0.25) is 0 Å². The van der Waals surface area contributed by atoms with Crippen LogP contribution in [0.4, 0.5) is 0 Å². The van der Waals surface area contributed by atoms with Crippen molar-refractivity contribution in [2.45, 2.75) is 58.3 Å². The molecule has 126 valence electrons. The number of hydrogen-bond acceptors (Lipinski definition) is 3. The maximum atomic E-state index is 11.6. The predicted molar refractivity (Wildman–Crippen MR) is 91.0 cm³/mol. The minimum absolute atomic E-state index is 0.264. The summed E-state index contributed by atoms with van der Waals surface area (Å²) in [5, 5.41) is 13.9. The highest BCUT2D eigenvalue weighted by Crippen LogP contribution is 2.32. The summed E-state index contributed by atoms with van der Waals surface area (Å²) >= 11 is 0. The monoisotopic (exact) mass is 325 g/mol. The lowest BCUT2D eigenvalue weighted by molar-refractivity contribution is 0.0687. The summed E-state index contributed by atoms with van der Waals surface area (Å²) < 4.78 is 1.92. The second kappa shape index (κ2) is 6.06. The Hall–Kier alpha value is -2.14. The molecule has 1 aliphatic heterocycles. The van der Waals surface area contributed by atoms with E-state index < -0.39 is 5.97 Å². The van der Waals surface area contributed by atoms with Crippen LogP contribution in [-0.2, 0) is 32.5 Å². The van der Waals surface area contributed by atoms with E-state index in [2.05, 4.69) is 41.2 Å². The molecule has 1 aromatic carbocycles. The Balaban J connectivity index is 1.59. The van der Waals surface area contributed by atoms with Crippen molar-refractivity contribution in [3.63, 3.8) is 0 Å². The van der Waals surface area contributed by atoms with Crippen LogP contribution in [0.25, 0.3) is 0 Å². The van der Waals surface area contributed by atoms with Crippen LogP contribution < -0.4 is 0 Å². The van der Waals surface area contributed by atoms with E-state index in [0.29, 0.717) is 6.04 Å². The molecule has 0 fully saturated rings. The number of fused-ring (bicyclic) bond motifs is 2. The molecule has 1 aliphatic carbocycles. The zero-order chi connectivity index (χ0) is 16.7. The van der Waals surface area contributed by atoms with Crippen molar-refractivity contribution in [3.8, 4) is 0 Å². The van der Waals surface area contributed by atoms with E-state index in [1.54, 1.807) is 0 Å². The predicted octanol–water partition coefficient (Wildman–Crippen LogP) is 2.86. The Labute approximate surface area is 141 Å². The molecule has 0 bridgehead atoms. The summed E-state index contributed by atoms with van der Waals surface area (Å²) in [5.74, 6) is -0.897. The summed E-state index contributed by atoms with van der Waals surface area (Å²) in [6.45, 7) is 4.85. The van der Waals surface area contributed by atoms with Crippen molar-refractivity contribution in [3.05, 3.63) is 52.3 Å². The molecule has 0 saturated carbocycles. The van der Waals surface area contributed by atoms with Gasteiger partial charge in [-0.25, -0.2) is 4.79 Å². The Morgan fingerprint density at radius 3 is 2.62 bits per heavy atom. The van der Waals surface area contributed by atoms with Crippen LogP contribution in [0.15, 0.2) is 24.3 Å². The lowest BCUT2D eigenvalue weighted by atomic mass is 9.90. The molecular weight excluding hydrogens is 302 g/mol. The van der Waals surface area contributed by atoms with Crippen LogP contribution in [0.5, 0.6) is 0 Å². The van der Waals surface area contributed by atoms with Crippen molar-refractivity contribution in [2.75, 3.05) is 0 Å². The number of carboxylic acids is 1. The Kier molecular flexibility index (Phi) is 3.88. The fourth-order valence-corrected chi connectivity index (χ4v) is 4.17. The van der Waals surface area contributed by atoms with Gasteiger partial charge in [0, 0.05) is 36.9 Å². The molecule has 1 unspecified atom stereocenters. The number of aromatic carboxylic acids is 1. The number of carboxylic acid groups (broad SMARTS) is 1. The number of benzene rings is 1. The van der Waals surface area contributed by atoms with Gasteiger partial charge in [0.25, 0.3) is 0 Å². The van der Waals surface area contributed by atoms with E-state index in [-0.39, 0.29) is 5.69 Å². The quantitative estimate of drug-likeness (QED) is 0.939. The third kappa shape index (κ3) is 2.53. The first-order valence-corrected chi connectivity index (χ1v) is 8.80. The molecule has 4 rings (SSSR count). The van der Waals surface area contributed by atoms with Crippen molar-refractivity contribution in [2.24, 2.45) is 0 Å². The van der Waals surface area contributed by atoms with E-state index in [0.717, 1.165) is 56.6 Å². The van der Waals surface area contributed by atoms with Gasteiger partial charge in [0.15, 0.2) is 5.69 Å². The van der Waals surface area contributed by atoms with Gasteiger partial charge in [-0.05, 0) is 36.8 Å². The topological polar surface area (TPSA) is 58.4 Å². The Morgan fingerprint density at radius 2 is 2.00 bits per heavy atom. The van der Waals surface area contributed by atoms with E-state index in [1.165, 1.54) is 11.1 Å². The fourth-order valence-electron chi connectivity index (χ4n) is 4.17. The minimum atomic E-state index is -0.897. The summed E-state index contributed by atoms with van der Waals surface area (Å²) in [6, 6.07) is 9.00. The number of aromatic nitrogens is 2. The minimum Gasteiger partial charge on any atom is -0.476 e. The molecule has 1 atom stereocenters. The van der Waals surface area contributed by atoms with Crippen LogP contribution >= 0.6 is 0 Å². The number of carbonyl (C=O) groups is 1. The molecular formula is C19H23N3O2. The molecule has 2 aliphatic rings. The standard InChI is InChI=1S/C19H23N3O2/c1-2-9-22-17-8-7-15(10-16(17)18(20-22)19(23)24)21-11-13-5-3-4-6-14(13)12-21/h3-6,15H,2,7-12H2,1H3,(H,23,24). The van der Waals surface area contributed by atoms with Crippen molar-refractivity contribution < 1.29 is 9.90 Å². The van der Waals surface area contributed by atoms with Crippen LogP contribution in [0.1, 0.15) is 52.6 Å². The third-order valence-electron chi connectivity index (χ3n) is 5.34. The molecule has 0 amide bonds. The van der Waals surface area contributed by atoms with Crippen molar-refractivity contribution >= 4 is 5.97 Å². The zero-order valence-corrected chi connectivity index (χ0v) is 14.0. The van der Waals surface area contributed by atoms with Gasteiger partial charge in [-0.15, -0.1) is 0 Å². The summed E-state index contributed by atoms with van der Waals surface area (Å²) in [6.07, 6.45) is 3.77. The molecule has 0 spiro atoms. The van der Waals surface area contributed by atoms with Gasteiger partial charge in [-0.3, -0.25) is 9.58 Å². The van der Waals surface area contributed by atoms with Crippen LogP contribution in [0, 0.1) is 0 Å². The molecule has 1 aromatic heterocycles. The van der Waals surface area contributed by atoms with E-state index >= 15 is 0 Å². The second-order valence-electron chi connectivity index (χ2n) is 6.87. The average Bonchev–Trinajstić information content (AvgIpc) is 3.16. The normalized spacial score (nSPS) is 20.0. The third-order valence-corrected chi connectivity index (χ3v) is 5.34. The highest BCUT2D eigenvalue weighted by atomic mass is 16.4. The van der Waals surface area contributed by atoms with E-state index in [9.17, 15) is 9.90 Å². The number of nitrogens with zero attached hydrogens (tertiary/aromatic N) is 3. The largest absolute Gasteiger partial charge is 0.476 e. The number of aryl methyl sites for hydroxylation is 1. The van der Waals surface area contributed by atoms with Crippen molar-refractivity contribution in [1.29, 1.82) is 0 Å². The first kappa shape index (κ1) is 15.4. The number of hydrogen-bond donors (Lipinski definition) is 1. The van der Waals surface area contributed by atoms with Crippen LogP contribution in [-0.4, -0.2) is 31.8 Å². The highest BCUT2D eigenvalue weighted by Gasteiger charge is 2.33. The SMILES string of the molecule is CCCn1nc(C(=O)O)c2c1CCC(N1Cc3ccccc3C1)C2. The van der Waals surface area contributed by atoms with Gasteiger partial charge >= 0.3 is 5.97 Å². The number of rotatable bonds is 4. The molecule has 0 saturated heterocycles. The van der Waals surface area contributed by atoms with Gasteiger partial charge < -0.3 is 5.11 Å². The second-order valence-corrected chi connectivity index (χ2v) is 6.87. The van der Waals surface area contributed by atoms with E-state index in [4.69, 9.17) is 0 Å². The van der Waals surface area contributed by atoms with Gasteiger partial charge in [0.05, 0.1) is 0 Å². The maximum absolute atomic E-state index is 11.6. The molecule has 2 aromatic rings. The first-order valence-electron chi connectivity index (χ1n) is 8.80. The fraction of sp³-hybridized carbons (Fsp3) is 0.474. The maximum Gasteiger partial charge on any atom is 0.356 e. The van der Waals surface area contributed by atoms with Crippen molar-refractivity contribution in [1.82, 2.24) is 14.7 Å². The smallest absolute Gasteiger partial charge is 0.356 e. The van der Waals surface area contributed by atoms with Gasteiger partial charge in [0.1, 0.15) is 0 Å². The van der Waals surface area contributed by atoms with Gasteiger partial charge in [-0.1, -0.05) is 31.2 Å². The Morgan fingerprint density at radius 1 is 1.29 bits per heavy atom. The lowest BCUT2D eigenvalue weighted by Crippen LogP contribution is -2.36. The van der Waals surface area contributed by atoms with Gasteiger partial charge in [-0.2, -0.15) is 5.10 Å². The molecule has 24 heavy (non-hydrogen) atoms. The summed E-state index contributed by atoms with van der Waals surface area (Å²) in [4.78, 5) is 14.1. The Bertz CT molecular complexity index is 756. The van der Waals surface area contributed by atoms with Crippen LogP contribution in [0.3, 0.4) is 0 Å². The molecule has 5 nitrogen and oxygen atoms in total. The highest BCUT2D eigenvalue weighted by molar-refractivity contribution is 5.87. The summed E-state index contributed by atoms with van der Waals surface area (Å²) in [5.41, 5.74) is 5.18. The molecule has 0 radical (unpaired) electrons. The van der Waals surface area contributed by atoms with E-state index in [1.807, 2.05) is 4.68 Å². The molecule has 1 N–H and O–H groups in total. The molecule has 2 heterocycles. The average molecular weight is 325 g/mol. The van der Waals surface area contributed by atoms with Crippen LogP contribution in [0.2, 0.25) is 0 Å². The first-order chi connectivity index (χ1) is 11.7. The zero-order valence-electron chi connectivity index (χ0n) is 14.0. The molecule has 5 heteroatoms. The lowest BCUT2D eigenvalue weighted by Gasteiger charge is -2.31.